The predicted octanol–water partition coefficient (Wildman–Crippen LogP) is 2.17. The summed E-state index contributed by atoms with van der Waals surface area (Å²) < 4.78 is 23.8. The normalized spacial score (nSPS) is 17.8. The predicted molar refractivity (Wildman–Crippen MR) is 101 cm³/mol. The van der Waals surface area contributed by atoms with E-state index in [1.807, 2.05) is 0 Å². The minimum atomic E-state index is -3.39. The smallest absolute Gasteiger partial charge is 0.253 e. The van der Waals surface area contributed by atoms with Crippen molar-refractivity contribution in [2.24, 2.45) is 5.92 Å². The number of likely N-dealkylation sites (tertiary alicyclic amines) is 1. The van der Waals surface area contributed by atoms with Gasteiger partial charge in [-0.2, -0.15) is 0 Å². The van der Waals surface area contributed by atoms with E-state index in [0.29, 0.717) is 30.8 Å². The molecular weight excluding hydrogens is 352 g/mol. The van der Waals surface area contributed by atoms with Gasteiger partial charge in [0, 0.05) is 31.5 Å². The highest BCUT2D eigenvalue weighted by Crippen LogP contribution is 2.22. The number of rotatable bonds is 6. The fourth-order valence-corrected chi connectivity index (χ4v) is 4.22. The zero-order valence-electron chi connectivity index (χ0n) is 15.7. The van der Waals surface area contributed by atoms with E-state index in [2.05, 4.69) is 12.2 Å². The highest BCUT2D eigenvalue weighted by Gasteiger charge is 2.29. The van der Waals surface area contributed by atoms with Crippen LogP contribution in [0.1, 0.15) is 48.5 Å². The second-order valence-electron chi connectivity index (χ2n) is 6.99. The number of amides is 2. The molecule has 1 saturated heterocycles. The van der Waals surface area contributed by atoms with Crippen molar-refractivity contribution in [3.05, 3.63) is 29.3 Å². The van der Waals surface area contributed by atoms with Crippen LogP contribution in [0.5, 0.6) is 0 Å². The summed E-state index contributed by atoms with van der Waals surface area (Å²) in [6.45, 7) is 5.40. The summed E-state index contributed by atoms with van der Waals surface area (Å²) in [7, 11) is -3.39. The van der Waals surface area contributed by atoms with E-state index < -0.39 is 9.84 Å². The van der Waals surface area contributed by atoms with Gasteiger partial charge in [0.15, 0.2) is 9.84 Å². The van der Waals surface area contributed by atoms with E-state index in [1.54, 1.807) is 24.0 Å². The number of carbonyl (C=O) groups excluding carboxylic acids is 2. The number of nitrogens with zero attached hydrogens (tertiary/aromatic N) is 1. The summed E-state index contributed by atoms with van der Waals surface area (Å²) in [5, 5.41) is 2.93. The van der Waals surface area contributed by atoms with Crippen LogP contribution in [0.4, 0.5) is 0 Å². The summed E-state index contributed by atoms with van der Waals surface area (Å²) in [5.74, 6) is -0.429. The van der Waals surface area contributed by atoms with E-state index in [1.165, 1.54) is 6.07 Å². The van der Waals surface area contributed by atoms with E-state index in [4.69, 9.17) is 0 Å². The molecule has 1 fully saturated rings. The SMILES string of the molecule is CCCCNC(=O)[C@H]1CCCN(C(=O)c2ccc(C)c(S(C)(=O)=O)c2)C1. The second-order valence-corrected chi connectivity index (χ2v) is 8.97. The van der Waals surface area contributed by atoms with Crippen molar-refractivity contribution >= 4 is 21.7 Å². The summed E-state index contributed by atoms with van der Waals surface area (Å²) >= 11 is 0. The monoisotopic (exact) mass is 380 g/mol. The average molecular weight is 381 g/mol. The molecular formula is C19H28N2O4S. The molecule has 6 nitrogen and oxygen atoms in total. The third kappa shape index (κ3) is 5.06. The first-order valence-electron chi connectivity index (χ1n) is 9.11. The van der Waals surface area contributed by atoms with Gasteiger partial charge < -0.3 is 10.2 Å². The number of sulfone groups is 1. The second kappa shape index (κ2) is 8.66. The highest BCUT2D eigenvalue weighted by molar-refractivity contribution is 7.90. The molecule has 0 saturated carbocycles. The first-order chi connectivity index (χ1) is 12.2. The number of nitrogens with one attached hydrogen (secondary N) is 1. The van der Waals surface area contributed by atoms with Crippen LogP contribution in [0.15, 0.2) is 23.1 Å². The minimum Gasteiger partial charge on any atom is -0.356 e. The largest absolute Gasteiger partial charge is 0.356 e. The van der Waals surface area contributed by atoms with Crippen molar-refractivity contribution in [2.45, 2.75) is 44.4 Å². The zero-order valence-corrected chi connectivity index (χ0v) is 16.6. The lowest BCUT2D eigenvalue weighted by Crippen LogP contribution is -2.45. The fraction of sp³-hybridized carbons (Fsp3) is 0.579. The lowest BCUT2D eigenvalue weighted by Gasteiger charge is -2.32. The van der Waals surface area contributed by atoms with E-state index in [-0.39, 0.29) is 22.6 Å². The molecule has 7 heteroatoms. The summed E-state index contributed by atoms with van der Waals surface area (Å²) in [6.07, 6.45) is 4.64. The number of aryl methyl sites for hydroxylation is 1. The number of hydrogen-bond donors (Lipinski definition) is 1. The third-order valence-electron chi connectivity index (χ3n) is 4.74. The van der Waals surface area contributed by atoms with Crippen molar-refractivity contribution < 1.29 is 18.0 Å². The Morgan fingerprint density at radius 1 is 1.31 bits per heavy atom. The van der Waals surface area contributed by atoms with Crippen LogP contribution in [0.3, 0.4) is 0 Å². The molecule has 1 N–H and O–H groups in total. The number of unbranched alkanes of at least 4 members (excludes halogenated alkanes) is 1. The first kappa shape index (κ1) is 20.4. The van der Waals surface area contributed by atoms with Crippen LogP contribution in [-0.4, -0.2) is 51.0 Å². The van der Waals surface area contributed by atoms with Gasteiger partial charge in [-0.05, 0) is 43.9 Å². The topological polar surface area (TPSA) is 83.6 Å². The molecule has 0 aromatic heterocycles. The standard InChI is InChI=1S/C19H28N2O4S/c1-4-5-10-20-18(22)16-7-6-11-21(13-16)19(23)15-9-8-14(2)17(12-15)26(3,24)25/h8-9,12,16H,4-7,10-11,13H2,1-3H3,(H,20,22)/t16-/m0/s1. The van der Waals surface area contributed by atoms with Crippen LogP contribution in [-0.2, 0) is 14.6 Å². The maximum atomic E-state index is 12.8. The van der Waals surface area contributed by atoms with Gasteiger partial charge in [0.25, 0.3) is 5.91 Å². The molecule has 144 valence electrons. The Morgan fingerprint density at radius 2 is 2.04 bits per heavy atom. The number of piperidine rings is 1. The van der Waals surface area contributed by atoms with Crippen LogP contribution in [0.2, 0.25) is 0 Å². The van der Waals surface area contributed by atoms with Crippen molar-refractivity contribution in [1.29, 1.82) is 0 Å². The number of carbonyl (C=O) groups is 2. The molecule has 1 atom stereocenters. The summed E-state index contributed by atoms with van der Waals surface area (Å²) in [6, 6.07) is 4.75. The fourth-order valence-electron chi connectivity index (χ4n) is 3.22. The quantitative estimate of drug-likeness (QED) is 0.767. The average Bonchev–Trinajstić information content (AvgIpc) is 2.60. The van der Waals surface area contributed by atoms with E-state index >= 15 is 0 Å². The van der Waals surface area contributed by atoms with E-state index in [9.17, 15) is 18.0 Å². The Morgan fingerprint density at radius 3 is 2.69 bits per heavy atom. The maximum absolute atomic E-state index is 12.8. The Kier molecular flexibility index (Phi) is 6.81. The third-order valence-corrected chi connectivity index (χ3v) is 5.98. The number of benzene rings is 1. The van der Waals surface area contributed by atoms with Gasteiger partial charge >= 0.3 is 0 Å². The van der Waals surface area contributed by atoms with Gasteiger partial charge in [0.1, 0.15) is 0 Å². The van der Waals surface area contributed by atoms with Gasteiger partial charge in [0.2, 0.25) is 5.91 Å². The van der Waals surface area contributed by atoms with Gasteiger partial charge in [-0.3, -0.25) is 9.59 Å². The van der Waals surface area contributed by atoms with Crippen molar-refractivity contribution in [1.82, 2.24) is 10.2 Å². The summed E-state index contributed by atoms with van der Waals surface area (Å²) in [5.41, 5.74) is 0.971. The first-order valence-corrected chi connectivity index (χ1v) is 11.0. The highest BCUT2D eigenvalue weighted by atomic mass is 32.2. The van der Waals surface area contributed by atoms with Gasteiger partial charge in [-0.1, -0.05) is 19.4 Å². The molecule has 0 bridgehead atoms. The molecule has 1 aromatic carbocycles. The molecule has 0 radical (unpaired) electrons. The molecule has 1 aromatic rings. The Hall–Kier alpha value is -1.89. The molecule has 0 aliphatic carbocycles. The maximum Gasteiger partial charge on any atom is 0.253 e. The van der Waals surface area contributed by atoms with Crippen LogP contribution in [0.25, 0.3) is 0 Å². The number of hydrogen-bond acceptors (Lipinski definition) is 4. The molecule has 1 aliphatic rings. The zero-order chi connectivity index (χ0) is 19.3. The Labute approximate surface area is 155 Å². The minimum absolute atomic E-state index is 0.00307. The summed E-state index contributed by atoms with van der Waals surface area (Å²) in [4.78, 5) is 26.9. The molecule has 2 rings (SSSR count). The van der Waals surface area contributed by atoms with Gasteiger partial charge in [-0.25, -0.2) is 8.42 Å². The Balaban J connectivity index is 2.11. The molecule has 1 heterocycles. The van der Waals surface area contributed by atoms with Crippen LogP contribution < -0.4 is 5.32 Å². The lowest BCUT2D eigenvalue weighted by atomic mass is 9.96. The lowest BCUT2D eigenvalue weighted by molar-refractivity contribution is -0.126. The van der Waals surface area contributed by atoms with Crippen molar-refractivity contribution in [3.8, 4) is 0 Å². The van der Waals surface area contributed by atoms with Gasteiger partial charge in [-0.15, -0.1) is 0 Å². The van der Waals surface area contributed by atoms with Crippen LogP contribution in [0, 0.1) is 12.8 Å². The van der Waals surface area contributed by atoms with Crippen molar-refractivity contribution in [3.63, 3.8) is 0 Å². The Bertz CT molecular complexity index is 774. The van der Waals surface area contributed by atoms with Crippen molar-refractivity contribution in [2.75, 3.05) is 25.9 Å². The molecule has 0 unspecified atom stereocenters. The van der Waals surface area contributed by atoms with E-state index in [0.717, 1.165) is 31.9 Å². The van der Waals surface area contributed by atoms with Gasteiger partial charge in [0.05, 0.1) is 10.8 Å². The van der Waals surface area contributed by atoms with Crippen LogP contribution >= 0.6 is 0 Å². The molecule has 1 aliphatic heterocycles. The molecule has 0 spiro atoms. The molecule has 2 amide bonds. The molecule has 26 heavy (non-hydrogen) atoms.